The molecule has 2 aliphatic rings. The van der Waals surface area contributed by atoms with Gasteiger partial charge in [-0.3, -0.25) is 5.10 Å². The van der Waals surface area contributed by atoms with E-state index in [1.54, 1.807) is 6.07 Å². The van der Waals surface area contributed by atoms with E-state index in [0.29, 0.717) is 40.0 Å². The Hall–Kier alpha value is -3.21. The minimum atomic E-state index is -0.478. The second-order valence-corrected chi connectivity index (χ2v) is 11.3. The molecule has 200 valence electrons. The van der Waals surface area contributed by atoms with Crippen molar-refractivity contribution in [2.75, 3.05) is 55.8 Å². The number of benzene rings is 2. The molecule has 2 aromatic carbocycles. The lowest BCUT2D eigenvalue weighted by molar-refractivity contribution is 0.245. The molecule has 2 fully saturated rings. The van der Waals surface area contributed by atoms with Crippen molar-refractivity contribution in [3.8, 4) is 11.1 Å². The van der Waals surface area contributed by atoms with Gasteiger partial charge in [-0.05, 0) is 52.6 Å². The van der Waals surface area contributed by atoms with Crippen LogP contribution in [0.4, 0.5) is 22.0 Å². The maximum atomic E-state index is 16.7. The van der Waals surface area contributed by atoms with E-state index < -0.39 is 5.82 Å². The summed E-state index contributed by atoms with van der Waals surface area (Å²) in [5, 5.41) is 12.1. The largest absolute Gasteiger partial charge is 0.382 e. The highest BCUT2D eigenvalue weighted by molar-refractivity contribution is 6.35. The molecule has 0 saturated carbocycles. The van der Waals surface area contributed by atoms with E-state index >= 15 is 4.39 Å². The predicted molar refractivity (Wildman–Crippen MR) is 153 cm³/mol. The summed E-state index contributed by atoms with van der Waals surface area (Å²) in [5.41, 5.74) is 8.95. The van der Waals surface area contributed by atoms with Crippen LogP contribution in [0.2, 0.25) is 5.02 Å². The standard InChI is InChI=1S/C27H33ClFN9/c1-13-6-7-19-22(25(30)35-34-19)20(13)21-18(28)8-17-24(23(21)29)32-27(37-11-16(12-37)36(4)5)33-26(17)38-10-14(2)31-9-15(38)3/h6-8,14-16,31H,9-12H2,1-5H3,(H3,30,34,35)/t14-,15+/m1/s1. The van der Waals surface area contributed by atoms with E-state index in [0.717, 1.165) is 37.3 Å². The first-order chi connectivity index (χ1) is 18.1. The van der Waals surface area contributed by atoms with Gasteiger partial charge in [-0.15, -0.1) is 0 Å². The van der Waals surface area contributed by atoms with Crippen LogP contribution in [0, 0.1) is 12.7 Å². The van der Waals surface area contributed by atoms with Crippen molar-refractivity contribution in [1.82, 2.24) is 30.4 Å². The molecule has 0 radical (unpaired) electrons. The summed E-state index contributed by atoms with van der Waals surface area (Å²) in [6, 6.07) is 6.46. The fourth-order valence-electron chi connectivity index (χ4n) is 5.58. The fourth-order valence-corrected chi connectivity index (χ4v) is 5.87. The first kappa shape index (κ1) is 25.1. The van der Waals surface area contributed by atoms with Gasteiger partial charge in [0.1, 0.15) is 11.3 Å². The number of halogens is 2. The third-order valence-electron chi connectivity index (χ3n) is 7.98. The zero-order chi connectivity index (χ0) is 26.9. The molecular formula is C27H33ClFN9. The highest BCUT2D eigenvalue weighted by Crippen LogP contribution is 2.44. The second-order valence-electron chi connectivity index (χ2n) is 10.9. The molecule has 4 heterocycles. The van der Waals surface area contributed by atoms with Crippen molar-refractivity contribution in [2.45, 2.75) is 38.9 Å². The third-order valence-corrected chi connectivity index (χ3v) is 8.28. The molecule has 11 heteroatoms. The Morgan fingerprint density at radius 1 is 1.13 bits per heavy atom. The van der Waals surface area contributed by atoms with E-state index in [2.05, 4.69) is 58.2 Å². The number of hydrogen-bond donors (Lipinski definition) is 3. The number of piperazine rings is 1. The topological polar surface area (TPSA) is 102 Å². The summed E-state index contributed by atoms with van der Waals surface area (Å²) < 4.78 is 16.7. The van der Waals surface area contributed by atoms with Gasteiger partial charge in [-0.2, -0.15) is 10.1 Å². The van der Waals surface area contributed by atoms with Gasteiger partial charge in [0, 0.05) is 60.8 Å². The van der Waals surface area contributed by atoms with Crippen LogP contribution in [0.3, 0.4) is 0 Å². The van der Waals surface area contributed by atoms with Gasteiger partial charge >= 0.3 is 0 Å². The minimum absolute atomic E-state index is 0.172. The summed E-state index contributed by atoms with van der Waals surface area (Å²) in [6.07, 6.45) is 0. The van der Waals surface area contributed by atoms with Crippen molar-refractivity contribution in [2.24, 2.45) is 0 Å². The molecule has 0 amide bonds. The average Bonchev–Trinajstić information content (AvgIpc) is 3.21. The second kappa shape index (κ2) is 9.21. The van der Waals surface area contributed by atoms with Gasteiger partial charge in [0.15, 0.2) is 11.6 Å². The Labute approximate surface area is 226 Å². The Balaban J connectivity index is 1.60. The number of H-pyrrole nitrogens is 1. The SMILES string of the molecule is Cc1ccc2[nH]nc(N)c2c1-c1c(Cl)cc2c(N3C[C@@H](C)NC[C@@H]3C)nc(N3CC(N(C)C)C3)nc2c1F. The summed E-state index contributed by atoms with van der Waals surface area (Å²) >= 11 is 6.89. The number of hydrogen-bond acceptors (Lipinski definition) is 8. The number of aromatic nitrogens is 4. The number of aryl methyl sites for hydroxylation is 1. The highest BCUT2D eigenvalue weighted by atomic mass is 35.5. The molecule has 2 atom stereocenters. The van der Waals surface area contributed by atoms with Crippen LogP contribution in [0.5, 0.6) is 0 Å². The number of nitrogens with two attached hydrogens (primary N) is 1. The fraction of sp³-hybridized carbons (Fsp3) is 0.444. The van der Waals surface area contributed by atoms with E-state index in [1.807, 2.05) is 19.1 Å². The van der Waals surface area contributed by atoms with Crippen LogP contribution in [0.25, 0.3) is 32.9 Å². The van der Waals surface area contributed by atoms with Crippen LogP contribution >= 0.6 is 11.6 Å². The number of nitrogens with zero attached hydrogens (tertiary/aromatic N) is 6. The number of fused-ring (bicyclic) bond motifs is 2. The Bertz CT molecular complexity index is 1550. The quantitative estimate of drug-likeness (QED) is 0.361. The molecule has 0 aliphatic carbocycles. The first-order valence-electron chi connectivity index (χ1n) is 13.0. The number of rotatable bonds is 4. The molecule has 0 spiro atoms. The molecule has 0 unspecified atom stereocenters. The molecular weight excluding hydrogens is 505 g/mol. The number of nitrogen functional groups attached to an aromatic ring is 1. The lowest BCUT2D eigenvalue weighted by atomic mass is 9.94. The number of nitrogens with one attached hydrogen (secondary N) is 2. The van der Waals surface area contributed by atoms with Crippen molar-refractivity contribution >= 4 is 51.0 Å². The van der Waals surface area contributed by atoms with Crippen LogP contribution in [0.1, 0.15) is 19.4 Å². The first-order valence-corrected chi connectivity index (χ1v) is 13.4. The Morgan fingerprint density at radius 3 is 2.63 bits per heavy atom. The van der Waals surface area contributed by atoms with Gasteiger partial charge in [0.2, 0.25) is 5.95 Å². The monoisotopic (exact) mass is 537 g/mol. The predicted octanol–water partition coefficient (Wildman–Crippen LogP) is 3.79. The molecule has 38 heavy (non-hydrogen) atoms. The summed E-state index contributed by atoms with van der Waals surface area (Å²) in [6.45, 7) is 9.35. The van der Waals surface area contributed by atoms with Crippen molar-refractivity contribution in [1.29, 1.82) is 0 Å². The van der Waals surface area contributed by atoms with Crippen molar-refractivity contribution in [3.63, 3.8) is 0 Å². The van der Waals surface area contributed by atoms with Gasteiger partial charge in [-0.25, -0.2) is 9.37 Å². The van der Waals surface area contributed by atoms with Crippen LogP contribution in [-0.2, 0) is 0 Å². The van der Waals surface area contributed by atoms with Crippen LogP contribution in [-0.4, -0.2) is 83.5 Å². The number of anilines is 3. The minimum Gasteiger partial charge on any atom is -0.382 e. The summed E-state index contributed by atoms with van der Waals surface area (Å²) in [4.78, 5) is 16.4. The van der Waals surface area contributed by atoms with Crippen LogP contribution < -0.4 is 20.9 Å². The smallest absolute Gasteiger partial charge is 0.228 e. The van der Waals surface area contributed by atoms with E-state index in [1.165, 1.54) is 0 Å². The van der Waals surface area contributed by atoms with Gasteiger partial charge < -0.3 is 25.8 Å². The highest BCUT2D eigenvalue weighted by Gasteiger charge is 2.34. The third kappa shape index (κ3) is 3.93. The lowest BCUT2D eigenvalue weighted by Gasteiger charge is -2.43. The maximum Gasteiger partial charge on any atom is 0.228 e. The van der Waals surface area contributed by atoms with Gasteiger partial charge in [-0.1, -0.05) is 17.7 Å². The molecule has 9 nitrogen and oxygen atoms in total. The summed E-state index contributed by atoms with van der Waals surface area (Å²) in [5.74, 6) is 1.07. The van der Waals surface area contributed by atoms with Gasteiger partial charge in [0.05, 0.1) is 15.9 Å². The number of aromatic amines is 1. The number of likely N-dealkylation sites (N-methyl/N-ethyl adjacent to an activating group) is 1. The van der Waals surface area contributed by atoms with E-state index in [-0.39, 0.29) is 28.2 Å². The maximum absolute atomic E-state index is 16.7. The van der Waals surface area contributed by atoms with Crippen molar-refractivity contribution < 1.29 is 4.39 Å². The Morgan fingerprint density at radius 2 is 1.89 bits per heavy atom. The van der Waals surface area contributed by atoms with E-state index in [9.17, 15) is 0 Å². The Kier molecular flexibility index (Phi) is 6.08. The molecule has 4 aromatic rings. The molecule has 2 aliphatic heterocycles. The molecule has 2 saturated heterocycles. The zero-order valence-electron chi connectivity index (χ0n) is 22.3. The molecule has 0 bridgehead atoms. The van der Waals surface area contributed by atoms with E-state index in [4.69, 9.17) is 27.3 Å². The molecule has 4 N–H and O–H groups in total. The zero-order valence-corrected chi connectivity index (χ0v) is 23.1. The average molecular weight is 538 g/mol. The molecule has 2 aromatic heterocycles. The molecule has 6 rings (SSSR count). The van der Waals surface area contributed by atoms with Crippen molar-refractivity contribution in [3.05, 3.63) is 34.6 Å². The summed E-state index contributed by atoms with van der Waals surface area (Å²) in [7, 11) is 4.13. The van der Waals surface area contributed by atoms with Gasteiger partial charge in [0.25, 0.3) is 0 Å². The van der Waals surface area contributed by atoms with Crippen LogP contribution in [0.15, 0.2) is 18.2 Å². The normalized spacial score (nSPS) is 20.6. The lowest BCUT2D eigenvalue weighted by Crippen LogP contribution is -2.58.